The van der Waals surface area contributed by atoms with Gasteiger partial charge in [0, 0.05) is 18.1 Å². The summed E-state index contributed by atoms with van der Waals surface area (Å²) >= 11 is 3.32. The van der Waals surface area contributed by atoms with E-state index in [2.05, 4.69) is 21.2 Å². The Morgan fingerprint density at radius 3 is 2.68 bits per heavy atom. The summed E-state index contributed by atoms with van der Waals surface area (Å²) in [7, 11) is 3.08. The molecule has 1 aromatic rings. The molecule has 19 heavy (non-hydrogen) atoms. The van der Waals surface area contributed by atoms with Gasteiger partial charge in [0.15, 0.2) is 0 Å². The first-order valence-electron chi connectivity index (χ1n) is 5.85. The molecule has 104 valence electrons. The maximum Gasteiger partial charge on any atom is 0.257 e. The molecule has 0 aliphatic carbocycles. The second kappa shape index (κ2) is 7.13. The van der Waals surface area contributed by atoms with E-state index in [4.69, 9.17) is 4.74 Å². The molecule has 6 heteroatoms. The van der Waals surface area contributed by atoms with Gasteiger partial charge in [-0.1, -0.05) is 15.9 Å². The van der Waals surface area contributed by atoms with Crippen LogP contribution in [0.15, 0.2) is 22.7 Å². The van der Waals surface area contributed by atoms with Crippen molar-refractivity contribution in [1.82, 2.24) is 10.2 Å². The van der Waals surface area contributed by atoms with E-state index in [1.54, 1.807) is 25.2 Å². The van der Waals surface area contributed by atoms with Crippen LogP contribution in [0.25, 0.3) is 0 Å². The Morgan fingerprint density at radius 2 is 2.11 bits per heavy atom. The number of hydrogen-bond donors (Lipinski definition) is 1. The number of rotatable bonds is 5. The van der Waals surface area contributed by atoms with Gasteiger partial charge < -0.3 is 15.0 Å². The summed E-state index contributed by atoms with van der Waals surface area (Å²) in [5.74, 6) is 0.0344. The highest BCUT2D eigenvalue weighted by atomic mass is 79.9. The van der Waals surface area contributed by atoms with Gasteiger partial charge in [0.25, 0.3) is 5.91 Å². The second-order valence-electron chi connectivity index (χ2n) is 3.96. The fourth-order valence-corrected chi connectivity index (χ4v) is 1.93. The lowest BCUT2D eigenvalue weighted by atomic mass is 10.2. The molecule has 0 aromatic heterocycles. The lowest BCUT2D eigenvalue weighted by Crippen LogP contribution is -2.38. The Bertz CT molecular complexity index is 477. The SMILES string of the molecule is CCNC(=O)CN(C)C(=O)c1ccc(Br)cc1OC. The van der Waals surface area contributed by atoms with Gasteiger partial charge >= 0.3 is 0 Å². The number of likely N-dealkylation sites (N-methyl/N-ethyl adjacent to an activating group) is 2. The van der Waals surface area contributed by atoms with Gasteiger partial charge in [-0.15, -0.1) is 0 Å². The van der Waals surface area contributed by atoms with Crippen molar-refractivity contribution in [3.8, 4) is 5.75 Å². The van der Waals surface area contributed by atoms with Crippen LogP contribution in [0.2, 0.25) is 0 Å². The van der Waals surface area contributed by atoms with Gasteiger partial charge in [-0.2, -0.15) is 0 Å². The van der Waals surface area contributed by atoms with Crippen molar-refractivity contribution < 1.29 is 14.3 Å². The number of halogens is 1. The molecule has 2 amide bonds. The Morgan fingerprint density at radius 1 is 1.42 bits per heavy atom. The Kier molecular flexibility index (Phi) is 5.82. The molecular weight excluding hydrogens is 312 g/mol. The summed E-state index contributed by atoms with van der Waals surface area (Å²) in [6, 6.07) is 5.14. The Labute approximate surface area is 121 Å². The van der Waals surface area contributed by atoms with E-state index >= 15 is 0 Å². The zero-order valence-electron chi connectivity index (χ0n) is 11.2. The number of hydrogen-bond acceptors (Lipinski definition) is 3. The van der Waals surface area contributed by atoms with E-state index in [0.29, 0.717) is 17.9 Å². The third kappa shape index (κ3) is 4.24. The van der Waals surface area contributed by atoms with Gasteiger partial charge in [-0.05, 0) is 25.1 Å². The number of amides is 2. The zero-order valence-corrected chi connectivity index (χ0v) is 12.8. The van der Waals surface area contributed by atoms with Gasteiger partial charge in [0.05, 0.1) is 19.2 Å². The molecule has 0 spiro atoms. The highest BCUT2D eigenvalue weighted by Gasteiger charge is 2.18. The number of nitrogens with one attached hydrogen (secondary N) is 1. The highest BCUT2D eigenvalue weighted by Crippen LogP contribution is 2.24. The number of benzene rings is 1. The van der Waals surface area contributed by atoms with Crippen molar-refractivity contribution in [3.63, 3.8) is 0 Å². The highest BCUT2D eigenvalue weighted by molar-refractivity contribution is 9.10. The first-order chi connectivity index (χ1) is 8.99. The molecule has 5 nitrogen and oxygen atoms in total. The number of methoxy groups -OCH3 is 1. The standard InChI is InChI=1S/C13H17BrN2O3/c1-4-15-12(17)8-16(2)13(18)10-6-5-9(14)7-11(10)19-3/h5-7H,4,8H2,1-3H3,(H,15,17). The van der Waals surface area contributed by atoms with E-state index in [9.17, 15) is 9.59 Å². The minimum absolute atomic E-state index is 0.0197. The summed E-state index contributed by atoms with van der Waals surface area (Å²) in [5.41, 5.74) is 0.428. The maximum absolute atomic E-state index is 12.2. The molecule has 0 atom stereocenters. The molecule has 0 aliphatic heterocycles. The maximum atomic E-state index is 12.2. The lowest BCUT2D eigenvalue weighted by Gasteiger charge is -2.18. The van der Waals surface area contributed by atoms with Crippen LogP contribution in [0.3, 0.4) is 0 Å². The van der Waals surface area contributed by atoms with E-state index < -0.39 is 0 Å². The van der Waals surface area contributed by atoms with Crippen LogP contribution in [0, 0.1) is 0 Å². The Hall–Kier alpha value is -1.56. The number of carbonyl (C=O) groups excluding carboxylic acids is 2. The topological polar surface area (TPSA) is 58.6 Å². The molecule has 0 saturated heterocycles. The summed E-state index contributed by atoms with van der Waals surface area (Å²) in [6.07, 6.45) is 0. The molecule has 0 saturated carbocycles. The molecule has 0 bridgehead atoms. The van der Waals surface area contributed by atoms with E-state index in [1.807, 2.05) is 6.92 Å². The van der Waals surface area contributed by atoms with Crippen molar-refractivity contribution in [3.05, 3.63) is 28.2 Å². The van der Waals surface area contributed by atoms with Crippen LogP contribution in [0.4, 0.5) is 0 Å². The van der Waals surface area contributed by atoms with Crippen LogP contribution in [0.1, 0.15) is 17.3 Å². The fraction of sp³-hybridized carbons (Fsp3) is 0.385. The number of nitrogens with zero attached hydrogens (tertiary/aromatic N) is 1. The van der Waals surface area contributed by atoms with Gasteiger partial charge in [0.1, 0.15) is 5.75 Å². The van der Waals surface area contributed by atoms with Crippen molar-refractivity contribution in [2.24, 2.45) is 0 Å². The first-order valence-corrected chi connectivity index (χ1v) is 6.64. The number of ether oxygens (including phenoxy) is 1. The molecule has 0 fully saturated rings. The van der Waals surface area contributed by atoms with Gasteiger partial charge in [0.2, 0.25) is 5.91 Å². The molecule has 0 unspecified atom stereocenters. The fourth-order valence-electron chi connectivity index (χ4n) is 1.59. The second-order valence-corrected chi connectivity index (χ2v) is 4.88. The van der Waals surface area contributed by atoms with Crippen LogP contribution in [0.5, 0.6) is 5.75 Å². The summed E-state index contributed by atoms with van der Waals surface area (Å²) in [5, 5.41) is 2.65. The molecule has 1 rings (SSSR count). The van der Waals surface area contributed by atoms with Crippen molar-refractivity contribution in [2.45, 2.75) is 6.92 Å². The molecule has 0 radical (unpaired) electrons. The minimum Gasteiger partial charge on any atom is -0.496 e. The third-order valence-electron chi connectivity index (χ3n) is 2.50. The predicted molar refractivity (Wildman–Crippen MR) is 76.3 cm³/mol. The average molecular weight is 329 g/mol. The van der Waals surface area contributed by atoms with E-state index in [0.717, 1.165) is 4.47 Å². The largest absolute Gasteiger partial charge is 0.496 e. The van der Waals surface area contributed by atoms with E-state index in [-0.39, 0.29) is 18.4 Å². The Balaban J connectivity index is 2.85. The summed E-state index contributed by atoms with van der Waals surface area (Å²) in [4.78, 5) is 25.0. The summed E-state index contributed by atoms with van der Waals surface area (Å²) in [6.45, 7) is 2.39. The number of carbonyl (C=O) groups is 2. The van der Waals surface area contributed by atoms with Crippen LogP contribution in [-0.2, 0) is 4.79 Å². The molecule has 1 aromatic carbocycles. The zero-order chi connectivity index (χ0) is 14.4. The smallest absolute Gasteiger partial charge is 0.257 e. The quantitative estimate of drug-likeness (QED) is 0.894. The van der Waals surface area contributed by atoms with E-state index in [1.165, 1.54) is 12.0 Å². The molecular formula is C13H17BrN2O3. The lowest BCUT2D eigenvalue weighted by molar-refractivity contribution is -0.121. The van der Waals surface area contributed by atoms with Crippen LogP contribution < -0.4 is 10.1 Å². The van der Waals surface area contributed by atoms with Crippen molar-refractivity contribution in [1.29, 1.82) is 0 Å². The first kappa shape index (κ1) is 15.5. The minimum atomic E-state index is -0.254. The third-order valence-corrected chi connectivity index (χ3v) is 2.99. The van der Waals surface area contributed by atoms with Gasteiger partial charge in [-0.3, -0.25) is 9.59 Å². The van der Waals surface area contributed by atoms with Crippen molar-refractivity contribution in [2.75, 3.05) is 27.2 Å². The molecule has 0 heterocycles. The van der Waals surface area contributed by atoms with Crippen LogP contribution in [-0.4, -0.2) is 44.0 Å². The average Bonchev–Trinajstić information content (AvgIpc) is 2.37. The predicted octanol–water partition coefficient (Wildman–Crippen LogP) is 1.67. The van der Waals surface area contributed by atoms with Gasteiger partial charge in [-0.25, -0.2) is 0 Å². The molecule has 1 N–H and O–H groups in total. The van der Waals surface area contributed by atoms with Crippen LogP contribution >= 0.6 is 15.9 Å². The monoisotopic (exact) mass is 328 g/mol. The summed E-state index contributed by atoms with van der Waals surface area (Å²) < 4.78 is 6.00. The molecule has 0 aliphatic rings. The van der Waals surface area contributed by atoms with Crippen molar-refractivity contribution >= 4 is 27.7 Å². The normalized spacial score (nSPS) is 9.89.